The maximum Gasteiger partial charge on any atom is 0.235 e. The van der Waals surface area contributed by atoms with Gasteiger partial charge >= 0.3 is 0 Å². The summed E-state index contributed by atoms with van der Waals surface area (Å²) in [5, 5.41) is -0.219. The van der Waals surface area contributed by atoms with E-state index in [1.54, 1.807) is 0 Å². The van der Waals surface area contributed by atoms with Crippen molar-refractivity contribution in [1.82, 2.24) is 4.90 Å². The Kier molecular flexibility index (Phi) is 5.14. The van der Waals surface area contributed by atoms with E-state index in [1.165, 1.54) is 12.0 Å². The minimum absolute atomic E-state index is 0.190. The monoisotopic (exact) mass is 291 g/mol. The first-order chi connectivity index (χ1) is 9.54. The largest absolute Gasteiger partial charge is 0.342 e. The molecule has 0 bridgehead atoms. The molecule has 1 saturated heterocycles. The van der Waals surface area contributed by atoms with Crippen LogP contribution in [0.4, 0.5) is 0 Å². The van der Waals surface area contributed by atoms with Gasteiger partial charge in [0.2, 0.25) is 5.91 Å². The number of amides is 1. The Hall–Kier alpha value is -0.960. The first-order valence-corrected chi connectivity index (χ1v) is 8.06. The number of likely N-dealkylation sites (tertiary alicyclic amines) is 1. The number of rotatable bonds is 4. The van der Waals surface area contributed by atoms with E-state index in [9.17, 15) is 4.79 Å². The fourth-order valence-corrected chi connectivity index (χ4v) is 3.13. The van der Waals surface area contributed by atoms with Crippen molar-refractivity contribution in [2.24, 2.45) is 5.41 Å². The summed E-state index contributed by atoms with van der Waals surface area (Å²) in [4.78, 5) is 14.4. The van der Waals surface area contributed by atoms with Gasteiger partial charge in [-0.15, -0.1) is 0 Å². The summed E-state index contributed by atoms with van der Waals surface area (Å²) >= 11 is 4.52. The average molecular weight is 291 g/mol. The van der Waals surface area contributed by atoms with E-state index >= 15 is 0 Å². The van der Waals surface area contributed by atoms with E-state index < -0.39 is 0 Å². The molecule has 1 aromatic carbocycles. The molecule has 0 spiro atoms. The van der Waals surface area contributed by atoms with Crippen LogP contribution in [0.3, 0.4) is 0 Å². The van der Waals surface area contributed by atoms with Crippen LogP contribution in [0.25, 0.3) is 0 Å². The van der Waals surface area contributed by atoms with Gasteiger partial charge in [-0.25, -0.2) is 0 Å². The van der Waals surface area contributed by atoms with Crippen molar-refractivity contribution < 1.29 is 4.79 Å². The molecule has 0 saturated carbocycles. The number of hydrogen-bond acceptors (Lipinski definition) is 2. The lowest BCUT2D eigenvalue weighted by Gasteiger charge is -2.39. The Balaban J connectivity index is 1.89. The molecule has 1 fully saturated rings. The second-order valence-corrected chi connectivity index (χ2v) is 6.82. The molecule has 1 atom stereocenters. The zero-order valence-electron chi connectivity index (χ0n) is 12.5. The van der Waals surface area contributed by atoms with Gasteiger partial charge < -0.3 is 4.90 Å². The van der Waals surface area contributed by atoms with Gasteiger partial charge in [0.05, 0.1) is 5.25 Å². The number of thiol groups is 1. The van der Waals surface area contributed by atoms with Crippen LogP contribution >= 0.6 is 12.6 Å². The highest BCUT2D eigenvalue weighted by molar-refractivity contribution is 7.81. The summed E-state index contributed by atoms with van der Waals surface area (Å²) in [6, 6.07) is 10.1. The second-order valence-electron chi connectivity index (χ2n) is 6.20. The van der Waals surface area contributed by atoms with Gasteiger partial charge in [0.15, 0.2) is 0 Å². The highest BCUT2D eigenvalue weighted by Crippen LogP contribution is 2.34. The Labute approximate surface area is 128 Å². The van der Waals surface area contributed by atoms with Crippen LogP contribution in [-0.4, -0.2) is 29.1 Å². The minimum Gasteiger partial charge on any atom is -0.342 e. The third kappa shape index (κ3) is 3.78. The molecule has 3 heteroatoms. The van der Waals surface area contributed by atoms with Crippen LogP contribution in [0.5, 0.6) is 0 Å². The fourth-order valence-electron chi connectivity index (χ4n) is 2.76. The lowest BCUT2D eigenvalue weighted by molar-refractivity contribution is -0.132. The Morgan fingerprint density at radius 2 is 1.90 bits per heavy atom. The van der Waals surface area contributed by atoms with Crippen molar-refractivity contribution in [3.05, 3.63) is 35.9 Å². The SMILES string of the molecule is CCC1(C)CCN(C(=O)C(S)Cc2ccccc2)CC1. The maximum atomic E-state index is 12.5. The molecule has 1 aromatic rings. The van der Waals surface area contributed by atoms with Crippen LogP contribution in [0, 0.1) is 5.41 Å². The number of piperidine rings is 1. The van der Waals surface area contributed by atoms with Crippen LogP contribution in [0.15, 0.2) is 30.3 Å². The smallest absolute Gasteiger partial charge is 0.235 e. The molecule has 0 aliphatic carbocycles. The lowest BCUT2D eigenvalue weighted by Crippen LogP contribution is -2.45. The van der Waals surface area contributed by atoms with E-state index in [0.29, 0.717) is 11.8 Å². The third-order valence-corrected chi connectivity index (χ3v) is 5.10. The molecule has 1 amide bonds. The topological polar surface area (TPSA) is 20.3 Å². The van der Waals surface area contributed by atoms with Gasteiger partial charge in [-0.1, -0.05) is 50.6 Å². The summed E-state index contributed by atoms with van der Waals surface area (Å²) in [6.07, 6.45) is 4.13. The molecule has 1 aliphatic rings. The number of nitrogens with zero attached hydrogens (tertiary/aromatic N) is 1. The molecule has 20 heavy (non-hydrogen) atoms. The van der Waals surface area contributed by atoms with E-state index in [1.807, 2.05) is 23.1 Å². The Morgan fingerprint density at radius 3 is 2.45 bits per heavy atom. The number of carbonyl (C=O) groups excluding carboxylic acids is 1. The maximum absolute atomic E-state index is 12.5. The lowest BCUT2D eigenvalue weighted by atomic mass is 9.78. The van der Waals surface area contributed by atoms with E-state index in [-0.39, 0.29) is 11.2 Å². The number of carbonyl (C=O) groups is 1. The van der Waals surface area contributed by atoms with Gasteiger partial charge in [0, 0.05) is 13.1 Å². The quantitative estimate of drug-likeness (QED) is 0.841. The standard InChI is InChI=1S/C17H25NOS/c1-3-17(2)9-11-18(12-10-17)16(19)15(20)13-14-7-5-4-6-8-14/h4-8,15,20H,3,9-13H2,1-2H3. The third-order valence-electron chi connectivity index (χ3n) is 4.69. The molecule has 110 valence electrons. The normalized spacial score (nSPS) is 19.6. The fraction of sp³-hybridized carbons (Fsp3) is 0.588. The predicted molar refractivity (Wildman–Crippen MR) is 87.1 cm³/mol. The Bertz CT molecular complexity index is 438. The highest BCUT2D eigenvalue weighted by Gasteiger charge is 2.31. The van der Waals surface area contributed by atoms with Gasteiger partial charge in [0.1, 0.15) is 0 Å². The van der Waals surface area contributed by atoms with E-state index in [2.05, 4.69) is 38.6 Å². The zero-order chi connectivity index (χ0) is 14.6. The predicted octanol–water partition coefficient (Wildman–Crippen LogP) is 3.57. The molecule has 0 radical (unpaired) electrons. The molecular formula is C17H25NOS. The van der Waals surface area contributed by atoms with Crippen molar-refractivity contribution in [2.45, 2.75) is 44.8 Å². The van der Waals surface area contributed by atoms with E-state index in [0.717, 1.165) is 25.9 Å². The van der Waals surface area contributed by atoms with Crippen LogP contribution in [0.2, 0.25) is 0 Å². The van der Waals surface area contributed by atoms with Gasteiger partial charge in [0.25, 0.3) is 0 Å². The van der Waals surface area contributed by atoms with Crippen molar-refractivity contribution >= 4 is 18.5 Å². The van der Waals surface area contributed by atoms with Crippen molar-refractivity contribution in [3.63, 3.8) is 0 Å². The van der Waals surface area contributed by atoms with E-state index in [4.69, 9.17) is 0 Å². The minimum atomic E-state index is -0.219. The summed E-state index contributed by atoms with van der Waals surface area (Å²) < 4.78 is 0. The molecule has 0 aromatic heterocycles. The molecule has 2 nitrogen and oxygen atoms in total. The van der Waals surface area contributed by atoms with Crippen molar-refractivity contribution in [1.29, 1.82) is 0 Å². The van der Waals surface area contributed by atoms with Crippen molar-refractivity contribution in [2.75, 3.05) is 13.1 Å². The molecular weight excluding hydrogens is 266 g/mol. The zero-order valence-corrected chi connectivity index (χ0v) is 13.4. The molecule has 0 N–H and O–H groups in total. The first kappa shape index (κ1) is 15.4. The Morgan fingerprint density at radius 1 is 1.30 bits per heavy atom. The summed E-state index contributed by atoms with van der Waals surface area (Å²) in [7, 11) is 0. The summed E-state index contributed by atoms with van der Waals surface area (Å²) in [5.41, 5.74) is 1.60. The van der Waals surface area contributed by atoms with Crippen LogP contribution in [0.1, 0.15) is 38.7 Å². The summed E-state index contributed by atoms with van der Waals surface area (Å²) in [6.45, 7) is 6.34. The molecule has 1 aliphatic heterocycles. The van der Waals surface area contributed by atoms with Crippen LogP contribution in [-0.2, 0) is 11.2 Å². The van der Waals surface area contributed by atoms with Crippen molar-refractivity contribution in [3.8, 4) is 0 Å². The van der Waals surface area contributed by atoms with Crippen LogP contribution < -0.4 is 0 Å². The van der Waals surface area contributed by atoms with Gasteiger partial charge in [-0.05, 0) is 30.2 Å². The number of hydrogen-bond donors (Lipinski definition) is 1. The first-order valence-electron chi connectivity index (χ1n) is 7.55. The number of benzene rings is 1. The van der Waals surface area contributed by atoms with Gasteiger partial charge in [-0.3, -0.25) is 4.79 Å². The molecule has 1 unspecified atom stereocenters. The average Bonchev–Trinajstić information content (AvgIpc) is 2.48. The highest BCUT2D eigenvalue weighted by atomic mass is 32.1. The summed E-state index contributed by atoms with van der Waals surface area (Å²) in [5.74, 6) is 0.190. The molecule has 1 heterocycles. The molecule has 2 rings (SSSR count). The van der Waals surface area contributed by atoms with Gasteiger partial charge in [-0.2, -0.15) is 12.6 Å². The second kappa shape index (κ2) is 6.66.